The van der Waals surface area contributed by atoms with Crippen molar-refractivity contribution in [3.05, 3.63) is 85.4 Å². The van der Waals surface area contributed by atoms with Crippen molar-refractivity contribution < 1.29 is 14.1 Å². The number of benzene rings is 2. The average Bonchev–Trinajstić information content (AvgIpc) is 3.28. The Hall–Kier alpha value is -2.65. The number of halogens is 2. The maximum Gasteiger partial charge on any atom is 0.271 e. The molecule has 30 heavy (non-hydrogen) atoms. The number of thiocarbonyl (C=S) groups is 1. The van der Waals surface area contributed by atoms with E-state index >= 15 is 0 Å². The second kappa shape index (κ2) is 8.23. The summed E-state index contributed by atoms with van der Waals surface area (Å²) in [7, 11) is 0. The quantitative estimate of drug-likeness (QED) is 0.183. The fourth-order valence-corrected chi connectivity index (χ4v) is 4.49. The molecule has 3 aromatic rings. The molecular weight excluding hydrogens is 467 g/mol. The van der Waals surface area contributed by atoms with Crippen molar-refractivity contribution in [3.8, 4) is 11.3 Å². The maximum absolute atomic E-state index is 12.9. The van der Waals surface area contributed by atoms with Crippen LogP contribution in [0.25, 0.3) is 17.4 Å². The number of thioether (sulfide) groups is 1. The van der Waals surface area contributed by atoms with Crippen LogP contribution >= 0.6 is 47.2 Å². The summed E-state index contributed by atoms with van der Waals surface area (Å²) in [5, 5.41) is 12.0. The molecule has 0 atom stereocenters. The number of carbonyl (C=O) groups is 1. The summed E-state index contributed by atoms with van der Waals surface area (Å²) in [6.45, 7) is 0. The lowest BCUT2D eigenvalue weighted by Gasteiger charge is -2.13. The first-order valence-electron chi connectivity index (χ1n) is 8.41. The molecule has 1 amide bonds. The number of hydrogen-bond donors (Lipinski definition) is 0. The standard InChI is InChI=1S/C20H10Cl2N2O4S2/c21-11-4-6-16(22)15(8-11)17-7-5-14(28-17)10-18-19(25)23(20(29)30-18)12-2-1-3-13(9-12)24(26)27/h1-10H/b18-10+. The number of non-ortho nitro benzene ring substituents is 1. The Morgan fingerprint density at radius 1 is 1.13 bits per heavy atom. The third-order valence-electron chi connectivity index (χ3n) is 4.19. The Morgan fingerprint density at radius 2 is 1.93 bits per heavy atom. The smallest absolute Gasteiger partial charge is 0.271 e. The van der Waals surface area contributed by atoms with Crippen molar-refractivity contribution in [1.82, 2.24) is 0 Å². The molecule has 0 radical (unpaired) electrons. The molecular formula is C20H10Cl2N2O4S2. The van der Waals surface area contributed by atoms with E-state index in [0.29, 0.717) is 37.7 Å². The number of hydrogen-bond acceptors (Lipinski definition) is 6. The van der Waals surface area contributed by atoms with Crippen LogP contribution in [0.15, 0.2) is 63.9 Å². The van der Waals surface area contributed by atoms with Crippen LogP contribution in [0.2, 0.25) is 10.0 Å². The molecule has 0 saturated carbocycles. The van der Waals surface area contributed by atoms with E-state index in [2.05, 4.69) is 0 Å². The number of nitro groups is 1. The highest BCUT2D eigenvalue weighted by molar-refractivity contribution is 8.27. The number of amides is 1. The van der Waals surface area contributed by atoms with E-state index in [1.165, 1.54) is 23.1 Å². The molecule has 0 N–H and O–H groups in total. The maximum atomic E-state index is 12.9. The van der Waals surface area contributed by atoms with Crippen molar-refractivity contribution in [3.63, 3.8) is 0 Å². The number of anilines is 1. The third kappa shape index (κ3) is 3.99. The zero-order valence-electron chi connectivity index (χ0n) is 14.9. The Kier molecular flexibility index (Phi) is 5.66. The second-order valence-electron chi connectivity index (χ2n) is 6.12. The Labute approximate surface area is 190 Å². The number of furan rings is 1. The molecule has 6 nitrogen and oxygen atoms in total. The van der Waals surface area contributed by atoms with E-state index in [0.717, 1.165) is 11.8 Å². The van der Waals surface area contributed by atoms with Gasteiger partial charge in [-0.1, -0.05) is 53.2 Å². The molecule has 0 bridgehead atoms. The van der Waals surface area contributed by atoms with E-state index in [9.17, 15) is 14.9 Å². The highest BCUT2D eigenvalue weighted by Crippen LogP contribution is 2.38. The molecule has 1 aliphatic rings. The molecule has 4 rings (SSSR count). The van der Waals surface area contributed by atoms with Crippen LogP contribution in [0.4, 0.5) is 11.4 Å². The predicted molar refractivity (Wildman–Crippen MR) is 123 cm³/mol. The van der Waals surface area contributed by atoms with Gasteiger partial charge in [0.15, 0.2) is 4.32 Å². The van der Waals surface area contributed by atoms with Gasteiger partial charge >= 0.3 is 0 Å². The van der Waals surface area contributed by atoms with Gasteiger partial charge in [-0.2, -0.15) is 0 Å². The van der Waals surface area contributed by atoms with E-state index in [-0.39, 0.29) is 15.9 Å². The molecule has 0 aliphatic carbocycles. The molecule has 2 heterocycles. The van der Waals surface area contributed by atoms with Crippen LogP contribution in [0.3, 0.4) is 0 Å². The summed E-state index contributed by atoms with van der Waals surface area (Å²) >= 11 is 18.6. The zero-order valence-corrected chi connectivity index (χ0v) is 18.0. The molecule has 0 unspecified atom stereocenters. The molecule has 2 aromatic carbocycles. The molecule has 1 aliphatic heterocycles. The third-order valence-corrected chi connectivity index (χ3v) is 6.05. The lowest BCUT2D eigenvalue weighted by atomic mass is 10.2. The van der Waals surface area contributed by atoms with Gasteiger partial charge < -0.3 is 4.42 Å². The van der Waals surface area contributed by atoms with Crippen LogP contribution < -0.4 is 4.90 Å². The molecule has 1 aromatic heterocycles. The van der Waals surface area contributed by atoms with Crippen molar-refractivity contribution in [2.24, 2.45) is 0 Å². The minimum atomic E-state index is -0.525. The van der Waals surface area contributed by atoms with Crippen molar-refractivity contribution in [2.75, 3.05) is 4.90 Å². The second-order valence-corrected chi connectivity index (χ2v) is 8.64. The van der Waals surface area contributed by atoms with Gasteiger partial charge in [-0.3, -0.25) is 19.8 Å². The van der Waals surface area contributed by atoms with Gasteiger partial charge in [-0.25, -0.2) is 0 Å². The first kappa shape index (κ1) is 20.6. The number of nitro benzene ring substituents is 1. The number of rotatable bonds is 4. The summed E-state index contributed by atoms with van der Waals surface area (Å²) in [6, 6.07) is 14.2. The van der Waals surface area contributed by atoms with Gasteiger partial charge in [0, 0.05) is 28.8 Å². The summed E-state index contributed by atoms with van der Waals surface area (Å²) in [4.78, 5) is 25.0. The van der Waals surface area contributed by atoms with E-state index < -0.39 is 4.92 Å². The fourth-order valence-electron chi connectivity index (χ4n) is 2.83. The number of carbonyl (C=O) groups excluding carboxylic acids is 1. The normalized spacial score (nSPS) is 15.3. The van der Waals surface area contributed by atoms with Gasteiger partial charge in [-0.05, 0) is 36.4 Å². The minimum absolute atomic E-state index is 0.125. The van der Waals surface area contributed by atoms with E-state index in [1.54, 1.807) is 42.5 Å². The highest BCUT2D eigenvalue weighted by atomic mass is 35.5. The predicted octanol–water partition coefficient (Wildman–Crippen LogP) is 6.57. The molecule has 10 heteroatoms. The molecule has 0 spiro atoms. The molecule has 150 valence electrons. The summed E-state index contributed by atoms with van der Waals surface area (Å²) in [5.74, 6) is 0.549. The lowest BCUT2D eigenvalue weighted by Crippen LogP contribution is -2.27. The monoisotopic (exact) mass is 476 g/mol. The minimum Gasteiger partial charge on any atom is -0.457 e. The van der Waals surface area contributed by atoms with Gasteiger partial charge in [0.05, 0.1) is 20.5 Å². The molecule has 1 saturated heterocycles. The molecule has 1 fully saturated rings. The van der Waals surface area contributed by atoms with Gasteiger partial charge in [-0.15, -0.1) is 0 Å². The summed E-state index contributed by atoms with van der Waals surface area (Å²) < 4.78 is 6.08. The Morgan fingerprint density at radius 3 is 2.70 bits per heavy atom. The van der Waals surface area contributed by atoms with Crippen LogP contribution in [0, 0.1) is 10.1 Å². The van der Waals surface area contributed by atoms with Crippen molar-refractivity contribution >= 4 is 74.9 Å². The lowest BCUT2D eigenvalue weighted by molar-refractivity contribution is -0.384. The van der Waals surface area contributed by atoms with Crippen LogP contribution in [-0.2, 0) is 4.79 Å². The first-order chi connectivity index (χ1) is 14.3. The topological polar surface area (TPSA) is 76.6 Å². The highest BCUT2D eigenvalue weighted by Gasteiger charge is 2.34. The Balaban J connectivity index is 1.63. The largest absolute Gasteiger partial charge is 0.457 e. The Bertz CT molecular complexity index is 1240. The zero-order chi connectivity index (χ0) is 21.4. The van der Waals surface area contributed by atoms with E-state index in [1.807, 2.05) is 0 Å². The van der Waals surface area contributed by atoms with Gasteiger partial charge in [0.1, 0.15) is 11.5 Å². The summed E-state index contributed by atoms with van der Waals surface area (Å²) in [6.07, 6.45) is 1.57. The average molecular weight is 477 g/mol. The first-order valence-corrected chi connectivity index (χ1v) is 10.4. The van der Waals surface area contributed by atoms with Gasteiger partial charge in [0.25, 0.3) is 11.6 Å². The van der Waals surface area contributed by atoms with Crippen molar-refractivity contribution in [1.29, 1.82) is 0 Å². The fraction of sp³-hybridized carbons (Fsp3) is 0. The van der Waals surface area contributed by atoms with Crippen LogP contribution in [0.1, 0.15) is 5.76 Å². The SMILES string of the molecule is O=C1/C(=C\c2ccc(-c3cc(Cl)ccc3Cl)o2)SC(=S)N1c1cccc([N+](=O)[O-])c1. The number of nitrogens with zero attached hydrogens (tertiary/aromatic N) is 2. The van der Waals surface area contributed by atoms with Crippen LogP contribution in [-0.4, -0.2) is 15.2 Å². The van der Waals surface area contributed by atoms with E-state index in [4.69, 9.17) is 39.8 Å². The van der Waals surface area contributed by atoms with Crippen molar-refractivity contribution in [2.45, 2.75) is 0 Å². The summed E-state index contributed by atoms with van der Waals surface area (Å²) in [5.41, 5.74) is 0.841. The van der Waals surface area contributed by atoms with Crippen LogP contribution in [0.5, 0.6) is 0 Å². The van der Waals surface area contributed by atoms with Gasteiger partial charge in [0.2, 0.25) is 0 Å².